The van der Waals surface area contributed by atoms with Gasteiger partial charge in [0.15, 0.2) is 0 Å². The molecule has 0 aromatic heterocycles. The first-order valence-corrected chi connectivity index (χ1v) is 8.39. The first kappa shape index (κ1) is 16.8. The van der Waals surface area contributed by atoms with Crippen molar-refractivity contribution < 1.29 is 9.53 Å². The van der Waals surface area contributed by atoms with E-state index in [1.165, 1.54) is 0 Å². The van der Waals surface area contributed by atoms with Crippen LogP contribution in [0.4, 0.5) is 5.69 Å². The van der Waals surface area contributed by atoms with Crippen molar-refractivity contribution in [3.05, 3.63) is 41.5 Å². The van der Waals surface area contributed by atoms with Crippen molar-refractivity contribution in [2.75, 3.05) is 37.7 Å². The van der Waals surface area contributed by atoms with Gasteiger partial charge in [-0.2, -0.15) is 0 Å². The van der Waals surface area contributed by atoms with Crippen molar-refractivity contribution in [1.82, 2.24) is 4.90 Å². The first-order valence-electron chi connectivity index (χ1n) is 7.96. The lowest BCUT2D eigenvalue weighted by Crippen LogP contribution is -2.42. The number of halogens is 1. The molecule has 7 heteroatoms. The number of amides is 1. The van der Waals surface area contributed by atoms with Crippen LogP contribution in [-0.4, -0.2) is 54.9 Å². The average Bonchev–Trinajstić information content (AvgIpc) is 2.58. The van der Waals surface area contributed by atoms with Gasteiger partial charge < -0.3 is 20.3 Å². The van der Waals surface area contributed by atoms with Gasteiger partial charge in [0.2, 0.25) is 0 Å². The number of hydrogen-bond donors (Lipinski definition) is 2. The van der Waals surface area contributed by atoms with E-state index < -0.39 is 5.91 Å². The molecular formula is C17H21ClN4O2. The predicted octanol–water partition coefficient (Wildman–Crippen LogP) is 1.34. The molecule has 1 atom stereocenters. The molecule has 24 heavy (non-hydrogen) atoms. The second-order valence-electron chi connectivity index (χ2n) is 5.96. The normalized spacial score (nSPS) is 21.6. The topological polar surface area (TPSA) is 82.6 Å². The molecule has 2 aliphatic heterocycles. The van der Waals surface area contributed by atoms with Gasteiger partial charge in [0, 0.05) is 31.9 Å². The molecule has 1 aromatic rings. The standard InChI is InChI=1S/C17H21ClN4O2/c18-13-9-15(17(20)23)16(19)22(11-13)10-12-2-1-3-14(8-12)21-4-6-24-7-5-21/h1-3,8-9,13,19H,4-7,10-11H2,(H2,20,23). The minimum absolute atomic E-state index is 0.135. The van der Waals surface area contributed by atoms with Gasteiger partial charge in [0.25, 0.3) is 5.91 Å². The molecule has 3 N–H and O–H groups in total. The maximum Gasteiger partial charge on any atom is 0.252 e. The number of rotatable bonds is 4. The quantitative estimate of drug-likeness (QED) is 0.804. The van der Waals surface area contributed by atoms with Crippen LogP contribution in [0.5, 0.6) is 0 Å². The number of hydrogen-bond acceptors (Lipinski definition) is 4. The summed E-state index contributed by atoms with van der Waals surface area (Å²) < 4.78 is 5.39. The lowest BCUT2D eigenvalue weighted by atomic mass is 10.1. The van der Waals surface area contributed by atoms with E-state index >= 15 is 0 Å². The van der Waals surface area contributed by atoms with Crippen molar-refractivity contribution in [2.45, 2.75) is 11.9 Å². The number of anilines is 1. The highest BCUT2D eigenvalue weighted by Gasteiger charge is 2.26. The third kappa shape index (κ3) is 3.71. The number of carbonyl (C=O) groups is 1. The highest BCUT2D eigenvalue weighted by molar-refractivity contribution is 6.26. The summed E-state index contributed by atoms with van der Waals surface area (Å²) in [7, 11) is 0. The van der Waals surface area contributed by atoms with Crippen LogP contribution in [-0.2, 0) is 16.1 Å². The molecule has 1 saturated heterocycles. The van der Waals surface area contributed by atoms with Gasteiger partial charge in [-0.1, -0.05) is 12.1 Å². The van der Waals surface area contributed by atoms with Gasteiger partial charge in [-0.3, -0.25) is 10.2 Å². The second kappa shape index (κ2) is 7.23. The Hall–Kier alpha value is -2.05. The van der Waals surface area contributed by atoms with Crippen LogP contribution >= 0.6 is 11.6 Å². The van der Waals surface area contributed by atoms with Crippen molar-refractivity contribution in [3.63, 3.8) is 0 Å². The van der Waals surface area contributed by atoms with E-state index in [1.54, 1.807) is 11.0 Å². The summed E-state index contributed by atoms with van der Waals surface area (Å²) in [6.07, 6.45) is 1.56. The van der Waals surface area contributed by atoms with E-state index in [9.17, 15) is 4.79 Å². The van der Waals surface area contributed by atoms with Crippen molar-refractivity contribution in [3.8, 4) is 0 Å². The zero-order chi connectivity index (χ0) is 17.1. The molecule has 1 unspecified atom stereocenters. The maximum absolute atomic E-state index is 11.5. The Bertz CT molecular complexity index is 670. The van der Waals surface area contributed by atoms with Crippen LogP contribution in [0, 0.1) is 5.41 Å². The van der Waals surface area contributed by atoms with Crippen molar-refractivity contribution >= 4 is 29.0 Å². The minimum atomic E-state index is -0.614. The number of alkyl halides is 1. The molecule has 0 saturated carbocycles. The maximum atomic E-state index is 11.5. The van der Waals surface area contributed by atoms with Gasteiger partial charge >= 0.3 is 0 Å². The summed E-state index contributed by atoms with van der Waals surface area (Å²) in [4.78, 5) is 15.6. The number of ether oxygens (including phenoxy) is 1. The highest BCUT2D eigenvalue weighted by Crippen LogP contribution is 2.22. The Labute approximate surface area is 146 Å². The molecule has 0 radical (unpaired) electrons. The summed E-state index contributed by atoms with van der Waals surface area (Å²) in [5.41, 5.74) is 7.74. The number of nitrogens with two attached hydrogens (primary N) is 1. The molecular weight excluding hydrogens is 328 g/mol. The Kier molecular flexibility index (Phi) is 5.06. The molecule has 3 rings (SSSR count). The Morgan fingerprint density at radius 1 is 1.38 bits per heavy atom. The molecule has 1 amide bonds. The molecule has 1 fully saturated rings. The van der Waals surface area contributed by atoms with E-state index in [0.29, 0.717) is 13.1 Å². The lowest BCUT2D eigenvalue weighted by Gasteiger charge is -2.32. The monoisotopic (exact) mass is 348 g/mol. The number of nitrogens with one attached hydrogen (secondary N) is 1. The Morgan fingerprint density at radius 3 is 2.83 bits per heavy atom. The van der Waals surface area contributed by atoms with E-state index in [0.717, 1.165) is 37.6 Å². The fourth-order valence-corrected chi connectivity index (χ4v) is 3.31. The van der Waals surface area contributed by atoms with Gasteiger partial charge in [-0.15, -0.1) is 11.6 Å². The molecule has 6 nitrogen and oxygen atoms in total. The first-order chi connectivity index (χ1) is 11.5. The number of benzene rings is 1. The third-order valence-electron chi connectivity index (χ3n) is 4.24. The van der Waals surface area contributed by atoms with E-state index in [2.05, 4.69) is 17.0 Å². The molecule has 0 spiro atoms. The minimum Gasteiger partial charge on any atom is -0.378 e. The summed E-state index contributed by atoms with van der Waals surface area (Å²) in [5.74, 6) is -0.478. The van der Waals surface area contributed by atoms with Crippen LogP contribution in [0.3, 0.4) is 0 Å². The van der Waals surface area contributed by atoms with E-state index in [4.69, 9.17) is 27.5 Å². The largest absolute Gasteiger partial charge is 0.378 e. The van der Waals surface area contributed by atoms with Crippen molar-refractivity contribution in [2.24, 2.45) is 5.73 Å². The fraction of sp³-hybridized carbons (Fsp3) is 0.412. The summed E-state index contributed by atoms with van der Waals surface area (Å²) in [5, 5.41) is 7.86. The third-order valence-corrected chi connectivity index (χ3v) is 4.50. The zero-order valence-electron chi connectivity index (χ0n) is 13.4. The van der Waals surface area contributed by atoms with Crippen LogP contribution in [0.2, 0.25) is 0 Å². The zero-order valence-corrected chi connectivity index (χ0v) is 14.1. The predicted molar refractivity (Wildman–Crippen MR) is 94.5 cm³/mol. The number of morpholine rings is 1. The SMILES string of the molecule is N=C1C(C(N)=O)=CC(Cl)CN1Cc1cccc(N2CCOCC2)c1. The van der Waals surface area contributed by atoms with Gasteiger partial charge in [-0.05, 0) is 23.8 Å². The fourth-order valence-electron chi connectivity index (χ4n) is 3.02. The molecule has 1 aromatic carbocycles. The van der Waals surface area contributed by atoms with Crippen LogP contribution in [0.15, 0.2) is 35.9 Å². The van der Waals surface area contributed by atoms with Gasteiger partial charge in [0.1, 0.15) is 5.84 Å². The molecule has 0 bridgehead atoms. The number of primary amides is 1. The number of carbonyl (C=O) groups excluding carboxylic acids is 1. The van der Waals surface area contributed by atoms with Crippen LogP contribution in [0.25, 0.3) is 0 Å². The molecule has 128 valence electrons. The van der Waals surface area contributed by atoms with Crippen LogP contribution < -0.4 is 10.6 Å². The Morgan fingerprint density at radius 2 is 2.12 bits per heavy atom. The van der Waals surface area contributed by atoms with Gasteiger partial charge in [0.05, 0.1) is 24.2 Å². The van der Waals surface area contributed by atoms with E-state index in [-0.39, 0.29) is 16.8 Å². The molecule has 2 aliphatic rings. The van der Waals surface area contributed by atoms with Gasteiger partial charge in [-0.25, -0.2) is 0 Å². The summed E-state index contributed by atoms with van der Waals surface area (Å²) in [6, 6.07) is 8.22. The molecule has 2 heterocycles. The number of nitrogens with zero attached hydrogens (tertiary/aromatic N) is 2. The lowest BCUT2D eigenvalue weighted by molar-refractivity contribution is -0.114. The average molecular weight is 349 g/mol. The smallest absolute Gasteiger partial charge is 0.252 e. The summed E-state index contributed by atoms with van der Waals surface area (Å²) >= 11 is 6.19. The second-order valence-corrected chi connectivity index (χ2v) is 6.52. The Balaban J connectivity index is 1.75. The van der Waals surface area contributed by atoms with Crippen LogP contribution in [0.1, 0.15) is 5.56 Å². The van der Waals surface area contributed by atoms with Crippen molar-refractivity contribution in [1.29, 1.82) is 5.41 Å². The van der Waals surface area contributed by atoms with E-state index in [1.807, 2.05) is 12.1 Å². The molecule has 0 aliphatic carbocycles. The highest BCUT2D eigenvalue weighted by atomic mass is 35.5. The summed E-state index contributed by atoms with van der Waals surface area (Å²) in [6.45, 7) is 4.23. The number of amidine groups is 1.